The Kier molecular flexibility index (Phi) is 11.6. The fourth-order valence-corrected chi connectivity index (χ4v) is 0.289. The average molecular weight is 165 g/mol. The minimum absolute atomic E-state index is 1.16. The van der Waals surface area contributed by atoms with Gasteiger partial charge in [-0.3, -0.25) is 0 Å². The van der Waals surface area contributed by atoms with Gasteiger partial charge in [-0.25, -0.2) is 0 Å². The lowest BCUT2D eigenvalue weighted by atomic mass is 11.0. The molecular weight excluding hydrogens is 146 g/mol. The first-order valence-electron chi connectivity index (χ1n) is 3.21. The molecule has 0 aromatic rings. The summed E-state index contributed by atoms with van der Waals surface area (Å²) in [5.41, 5.74) is 0. The normalized spacial score (nSPS) is 9.60. The SMILES string of the molecule is CN(C)C.CO[SiH](C)OC. The van der Waals surface area contributed by atoms with Gasteiger partial charge in [-0.1, -0.05) is 0 Å². The Balaban J connectivity index is 0. The monoisotopic (exact) mass is 165 g/mol. The van der Waals surface area contributed by atoms with E-state index >= 15 is 0 Å². The second kappa shape index (κ2) is 9.10. The Hall–Kier alpha value is 0.0969. The van der Waals surface area contributed by atoms with Gasteiger partial charge in [0.1, 0.15) is 0 Å². The van der Waals surface area contributed by atoms with E-state index in [-0.39, 0.29) is 0 Å². The van der Waals surface area contributed by atoms with Crippen molar-refractivity contribution >= 4 is 9.28 Å². The summed E-state index contributed by atoms with van der Waals surface area (Å²) in [6, 6.07) is 0. The predicted molar refractivity (Wildman–Crippen MR) is 46.6 cm³/mol. The summed E-state index contributed by atoms with van der Waals surface area (Å²) in [4.78, 5) is 2.00. The van der Waals surface area contributed by atoms with Crippen molar-refractivity contribution in [3.63, 3.8) is 0 Å². The van der Waals surface area contributed by atoms with Crippen LogP contribution in [-0.2, 0) is 8.85 Å². The molecule has 0 aliphatic heterocycles. The first kappa shape index (κ1) is 12.7. The molecule has 0 atom stereocenters. The topological polar surface area (TPSA) is 21.7 Å². The van der Waals surface area contributed by atoms with Gasteiger partial charge in [0.25, 0.3) is 0 Å². The highest BCUT2D eigenvalue weighted by Crippen LogP contribution is 1.77. The molecule has 0 spiro atoms. The van der Waals surface area contributed by atoms with Gasteiger partial charge in [0.05, 0.1) is 0 Å². The summed E-state index contributed by atoms with van der Waals surface area (Å²) < 4.78 is 9.63. The van der Waals surface area contributed by atoms with Gasteiger partial charge in [0.2, 0.25) is 0 Å². The molecule has 0 aromatic carbocycles. The Morgan fingerprint density at radius 2 is 1.20 bits per heavy atom. The summed E-state index contributed by atoms with van der Waals surface area (Å²) in [7, 11) is 8.17. The van der Waals surface area contributed by atoms with Crippen LogP contribution in [0.1, 0.15) is 0 Å². The third-order valence-electron chi connectivity index (χ3n) is 0.664. The molecule has 0 amide bonds. The van der Waals surface area contributed by atoms with Crippen molar-refractivity contribution in [2.75, 3.05) is 35.4 Å². The first-order chi connectivity index (χ1) is 4.54. The van der Waals surface area contributed by atoms with Crippen LogP contribution in [0.5, 0.6) is 0 Å². The van der Waals surface area contributed by atoms with Crippen molar-refractivity contribution in [1.29, 1.82) is 0 Å². The van der Waals surface area contributed by atoms with Crippen LogP contribution in [0.4, 0.5) is 0 Å². The van der Waals surface area contributed by atoms with E-state index in [2.05, 4.69) is 0 Å². The maximum absolute atomic E-state index is 4.82. The summed E-state index contributed by atoms with van der Waals surface area (Å²) >= 11 is 0. The first-order valence-corrected chi connectivity index (χ1v) is 5.30. The van der Waals surface area contributed by atoms with E-state index < -0.39 is 9.28 Å². The van der Waals surface area contributed by atoms with Gasteiger partial charge < -0.3 is 13.8 Å². The molecule has 3 nitrogen and oxygen atoms in total. The van der Waals surface area contributed by atoms with Gasteiger partial charge in [-0.15, -0.1) is 0 Å². The molecule has 0 aliphatic carbocycles. The molecule has 0 heterocycles. The highest BCUT2D eigenvalue weighted by molar-refractivity contribution is 6.42. The van der Waals surface area contributed by atoms with Crippen LogP contribution in [0, 0.1) is 0 Å². The van der Waals surface area contributed by atoms with Crippen molar-refractivity contribution < 1.29 is 8.85 Å². The average Bonchev–Trinajstić information content (AvgIpc) is 1.85. The molecule has 0 radical (unpaired) electrons. The summed E-state index contributed by atoms with van der Waals surface area (Å²) in [5.74, 6) is 0. The second-order valence-electron chi connectivity index (χ2n) is 2.38. The molecule has 4 heteroatoms. The molecular formula is C6H19NO2Si. The number of nitrogens with zero attached hydrogens (tertiary/aromatic N) is 1. The Morgan fingerprint density at radius 3 is 1.20 bits per heavy atom. The van der Waals surface area contributed by atoms with E-state index in [0.717, 1.165) is 0 Å². The minimum atomic E-state index is -1.16. The molecule has 0 unspecified atom stereocenters. The van der Waals surface area contributed by atoms with Gasteiger partial charge in [0, 0.05) is 14.2 Å². The Bertz CT molecular complexity index is 55.0. The van der Waals surface area contributed by atoms with Crippen molar-refractivity contribution in [3.8, 4) is 0 Å². The number of rotatable bonds is 2. The molecule has 0 saturated heterocycles. The summed E-state index contributed by atoms with van der Waals surface area (Å²) in [5, 5.41) is 0. The maximum atomic E-state index is 4.82. The largest absolute Gasteiger partial charge is 0.400 e. The molecule has 0 saturated carbocycles. The zero-order chi connectivity index (χ0) is 8.57. The van der Waals surface area contributed by atoms with Gasteiger partial charge in [-0.05, 0) is 27.7 Å². The molecule has 0 fully saturated rings. The zero-order valence-corrected chi connectivity index (χ0v) is 9.00. The molecule has 0 rings (SSSR count). The summed E-state index contributed by atoms with van der Waals surface area (Å²) in [6.45, 7) is 1.97. The number of hydrogen-bond donors (Lipinski definition) is 0. The lowest BCUT2D eigenvalue weighted by Crippen LogP contribution is -2.12. The van der Waals surface area contributed by atoms with Crippen molar-refractivity contribution in [2.24, 2.45) is 0 Å². The van der Waals surface area contributed by atoms with Crippen LogP contribution < -0.4 is 0 Å². The molecule has 0 bridgehead atoms. The van der Waals surface area contributed by atoms with Crippen molar-refractivity contribution in [3.05, 3.63) is 0 Å². The molecule has 64 valence electrons. The lowest BCUT2D eigenvalue weighted by Gasteiger charge is -2.00. The molecule has 0 N–H and O–H groups in total. The highest BCUT2D eigenvalue weighted by Gasteiger charge is 1.94. The smallest absolute Gasteiger partial charge is 0.317 e. The van der Waals surface area contributed by atoms with E-state index in [0.29, 0.717) is 0 Å². The van der Waals surface area contributed by atoms with Crippen LogP contribution in [-0.4, -0.2) is 49.5 Å². The van der Waals surface area contributed by atoms with E-state index in [4.69, 9.17) is 8.85 Å². The van der Waals surface area contributed by atoms with E-state index in [1.165, 1.54) is 0 Å². The fourth-order valence-electron chi connectivity index (χ4n) is 0.0962. The lowest BCUT2D eigenvalue weighted by molar-refractivity contribution is 0.285. The highest BCUT2D eigenvalue weighted by atomic mass is 28.3. The van der Waals surface area contributed by atoms with Gasteiger partial charge >= 0.3 is 9.28 Å². The van der Waals surface area contributed by atoms with Crippen molar-refractivity contribution in [2.45, 2.75) is 6.55 Å². The van der Waals surface area contributed by atoms with Gasteiger partial charge in [0.15, 0.2) is 0 Å². The standard InChI is InChI=1S/C3H9N.C3H10O2Si/c1-4(2)3;1-4-6(3)5-2/h1-3H3;6H,1-3H3. The zero-order valence-electron chi connectivity index (χ0n) is 7.84. The second-order valence-corrected chi connectivity index (χ2v) is 4.46. The van der Waals surface area contributed by atoms with Crippen molar-refractivity contribution in [1.82, 2.24) is 4.90 Å². The summed E-state index contributed by atoms with van der Waals surface area (Å²) in [6.07, 6.45) is 0. The van der Waals surface area contributed by atoms with Crippen LogP contribution in [0.2, 0.25) is 6.55 Å². The van der Waals surface area contributed by atoms with Crippen LogP contribution in [0.25, 0.3) is 0 Å². The Morgan fingerprint density at radius 1 is 1.00 bits per heavy atom. The van der Waals surface area contributed by atoms with Crippen LogP contribution in [0.15, 0.2) is 0 Å². The number of hydrogen-bond acceptors (Lipinski definition) is 3. The van der Waals surface area contributed by atoms with Crippen LogP contribution in [0.3, 0.4) is 0 Å². The quantitative estimate of drug-likeness (QED) is 0.550. The third-order valence-corrected chi connectivity index (χ3v) is 1.99. The van der Waals surface area contributed by atoms with E-state index in [1.54, 1.807) is 14.2 Å². The van der Waals surface area contributed by atoms with Gasteiger partial charge in [-0.2, -0.15) is 0 Å². The molecule has 0 aromatic heterocycles. The molecule has 10 heavy (non-hydrogen) atoms. The van der Waals surface area contributed by atoms with E-state index in [1.807, 2.05) is 32.6 Å². The predicted octanol–water partition coefficient (Wildman–Crippen LogP) is 0.307. The van der Waals surface area contributed by atoms with Crippen LogP contribution >= 0.6 is 0 Å². The maximum Gasteiger partial charge on any atom is 0.317 e. The Labute approximate surface area is 65.8 Å². The fraction of sp³-hybridized carbons (Fsp3) is 1.00. The minimum Gasteiger partial charge on any atom is -0.400 e. The molecule has 0 aliphatic rings. The third kappa shape index (κ3) is 24.3. The van der Waals surface area contributed by atoms with E-state index in [9.17, 15) is 0 Å².